The molecule has 5 nitrogen and oxygen atoms in total. The number of aryl methyl sites for hydroxylation is 1. The highest BCUT2D eigenvalue weighted by molar-refractivity contribution is 7.15. The van der Waals surface area contributed by atoms with Gasteiger partial charge in [-0.05, 0) is 25.1 Å². The van der Waals surface area contributed by atoms with Crippen LogP contribution in [0.2, 0.25) is 0 Å². The van der Waals surface area contributed by atoms with Gasteiger partial charge in [0.05, 0.1) is 16.6 Å². The Morgan fingerprint density at radius 3 is 2.64 bits per heavy atom. The first-order valence-electron chi connectivity index (χ1n) is 8.22. The molecular formula is C19H13F3N4OS. The Kier molecular flexibility index (Phi) is 4.38. The number of para-hydroxylation sites is 1. The Morgan fingerprint density at radius 2 is 1.93 bits per heavy atom. The van der Waals surface area contributed by atoms with E-state index in [1.54, 1.807) is 24.4 Å². The van der Waals surface area contributed by atoms with E-state index in [0.717, 1.165) is 10.9 Å². The molecule has 4 aromatic rings. The number of nitrogens with zero attached hydrogens (tertiary/aromatic N) is 2. The number of imidazole rings is 1. The quantitative estimate of drug-likeness (QED) is 0.491. The molecule has 0 unspecified atom stereocenters. The van der Waals surface area contributed by atoms with Crippen LogP contribution in [0.3, 0.4) is 0 Å². The maximum absolute atomic E-state index is 13.3. The van der Waals surface area contributed by atoms with Gasteiger partial charge in [0.1, 0.15) is 11.3 Å². The number of amides is 1. The van der Waals surface area contributed by atoms with Crippen LogP contribution in [-0.4, -0.2) is 20.9 Å². The van der Waals surface area contributed by atoms with Crippen molar-refractivity contribution >= 4 is 33.4 Å². The highest BCUT2D eigenvalue weighted by Gasteiger charge is 2.34. The summed E-state index contributed by atoms with van der Waals surface area (Å²) in [5.74, 6) is -0.379. The predicted octanol–water partition coefficient (Wildman–Crippen LogP) is 5.27. The summed E-state index contributed by atoms with van der Waals surface area (Å²) in [6.07, 6.45) is -2.87. The van der Waals surface area contributed by atoms with Crippen molar-refractivity contribution in [2.45, 2.75) is 13.1 Å². The van der Waals surface area contributed by atoms with E-state index in [2.05, 4.69) is 20.3 Å². The molecule has 2 aromatic carbocycles. The number of benzene rings is 2. The molecule has 0 saturated heterocycles. The molecule has 4 rings (SSSR count). The minimum Gasteiger partial charge on any atom is -0.338 e. The lowest BCUT2D eigenvalue weighted by Gasteiger charge is -2.10. The van der Waals surface area contributed by atoms with E-state index in [0.29, 0.717) is 16.2 Å². The fourth-order valence-electron chi connectivity index (χ4n) is 2.86. The number of nitrogens with one attached hydrogen (secondary N) is 2. The molecule has 2 N–H and O–H groups in total. The summed E-state index contributed by atoms with van der Waals surface area (Å²) in [4.78, 5) is 24.8. The Bertz CT molecular complexity index is 1180. The zero-order chi connectivity index (χ0) is 19.9. The fourth-order valence-corrected chi connectivity index (χ4v) is 3.52. The first-order valence-corrected chi connectivity index (χ1v) is 9.03. The van der Waals surface area contributed by atoms with Gasteiger partial charge in [0.2, 0.25) is 0 Å². The van der Waals surface area contributed by atoms with Crippen LogP contribution in [0.15, 0.2) is 48.7 Å². The summed E-state index contributed by atoms with van der Waals surface area (Å²) >= 11 is 1.33. The summed E-state index contributed by atoms with van der Waals surface area (Å²) in [5, 5.41) is 3.13. The average Bonchev–Trinajstić information content (AvgIpc) is 3.26. The van der Waals surface area contributed by atoms with Crippen molar-refractivity contribution in [2.75, 3.05) is 5.32 Å². The molecule has 142 valence electrons. The summed E-state index contributed by atoms with van der Waals surface area (Å²) in [7, 11) is 0. The number of thiazole rings is 1. The smallest absolute Gasteiger partial charge is 0.338 e. The summed E-state index contributed by atoms with van der Waals surface area (Å²) in [6, 6.07) is 10.0. The summed E-state index contributed by atoms with van der Waals surface area (Å²) < 4.78 is 40.0. The second-order valence-electron chi connectivity index (χ2n) is 6.06. The van der Waals surface area contributed by atoms with Crippen LogP contribution in [0, 0.1) is 6.92 Å². The first kappa shape index (κ1) is 18.2. The molecule has 2 aromatic heterocycles. The standard InChI is InChI=1S/C19H13F3N4OS/c1-10-9-23-18(28-10)26-17(27)12-6-4-8-14-15(12)25-16(24-14)11-5-2-3-7-13(11)19(20,21)22/h2-9H,1H3,(H,24,25)(H,23,26,27). The van der Waals surface area contributed by atoms with Crippen molar-refractivity contribution in [3.63, 3.8) is 0 Å². The molecule has 0 atom stereocenters. The van der Waals surface area contributed by atoms with E-state index in [4.69, 9.17) is 0 Å². The van der Waals surface area contributed by atoms with E-state index in [9.17, 15) is 18.0 Å². The number of hydrogen-bond acceptors (Lipinski definition) is 4. The van der Waals surface area contributed by atoms with Gasteiger partial charge in [0.25, 0.3) is 5.91 Å². The molecule has 0 aliphatic carbocycles. The summed E-state index contributed by atoms with van der Waals surface area (Å²) in [6.45, 7) is 1.87. The molecule has 2 heterocycles. The maximum Gasteiger partial charge on any atom is 0.417 e. The van der Waals surface area contributed by atoms with E-state index in [1.807, 2.05) is 6.92 Å². The van der Waals surface area contributed by atoms with Crippen molar-refractivity contribution < 1.29 is 18.0 Å². The van der Waals surface area contributed by atoms with Crippen molar-refractivity contribution in [1.82, 2.24) is 15.0 Å². The van der Waals surface area contributed by atoms with Crippen LogP contribution in [0.25, 0.3) is 22.4 Å². The number of carbonyl (C=O) groups is 1. The van der Waals surface area contributed by atoms with Gasteiger partial charge in [-0.15, -0.1) is 11.3 Å². The van der Waals surface area contributed by atoms with Crippen LogP contribution in [0.1, 0.15) is 20.8 Å². The number of H-pyrrole nitrogens is 1. The van der Waals surface area contributed by atoms with E-state index in [-0.39, 0.29) is 17.0 Å². The highest BCUT2D eigenvalue weighted by Crippen LogP contribution is 2.36. The molecule has 0 bridgehead atoms. The Morgan fingerprint density at radius 1 is 1.14 bits per heavy atom. The molecule has 0 fully saturated rings. The number of hydrogen-bond donors (Lipinski definition) is 2. The Hall–Kier alpha value is -3.20. The lowest BCUT2D eigenvalue weighted by molar-refractivity contribution is -0.137. The Balaban J connectivity index is 1.77. The first-order chi connectivity index (χ1) is 13.3. The number of carbonyl (C=O) groups excluding carboxylic acids is 1. The van der Waals surface area contributed by atoms with Crippen molar-refractivity contribution in [3.8, 4) is 11.4 Å². The van der Waals surface area contributed by atoms with E-state index >= 15 is 0 Å². The Labute approximate surface area is 161 Å². The third-order valence-electron chi connectivity index (χ3n) is 4.09. The van der Waals surface area contributed by atoms with Gasteiger partial charge < -0.3 is 4.98 Å². The largest absolute Gasteiger partial charge is 0.417 e. The van der Waals surface area contributed by atoms with Crippen LogP contribution >= 0.6 is 11.3 Å². The second-order valence-corrected chi connectivity index (χ2v) is 7.30. The molecule has 9 heteroatoms. The van der Waals surface area contributed by atoms with Crippen molar-refractivity contribution in [2.24, 2.45) is 0 Å². The number of fused-ring (bicyclic) bond motifs is 1. The number of aromatic nitrogens is 3. The lowest BCUT2D eigenvalue weighted by atomic mass is 10.1. The predicted molar refractivity (Wildman–Crippen MR) is 101 cm³/mol. The minimum atomic E-state index is -4.52. The molecule has 0 spiro atoms. The average molecular weight is 402 g/mol. The molecular weight excluding hydrogens is 389 g/mol. The molecule has 0 saturated carbocycles. The van der Waals surface area contributed by atoms with E-state index in [1.165, 1.54) is 29.5 Å². The molecule has 28 heavy (non-hydrogen) atoms. The monoisotopic (exact) mass is 402 g/mol. The second kappa shape index (κ2) is 6.75. The zero-order valence-corrected chi connectivity index (χ0v) is 15.3. The topological polar surface area (TPSA) is 70.7 Å². The number of alkyl halides is 3. The number of rotatable bonds is 3. The van der Waals surface area contributed by atoms with Crippen LogP contribution < -0.4 is 5.32 Å². The fraction of sp³-hybridized carbons (Fsp3) is 0.105. The van der Waals surface area contributed by atoms with Gasteiger partial charge in [0, 0.05) is 16.6 Å². The normalized spacial score (nSPS) is 11.7. The third kappa shape index (κ3) is 3.36. The molecule has 0 radical (unpaired) electrons. The van der Waals surface area contributed by atoms with Gasteiger partial charge in [-0.25, -0.2) is 9.97 Å². The third-order valence-corrected chi connectivity index (χ3v) is 4.91. The molecule has 0 aliphatic rings. The number of halogens is 3. The van der Waals surface area contributed by atoms with Gasteiger partial charge in [-0.3, -0.25) is 10.1 Å². The number of anilines is 1. The van der Waals surface area contributed by atoms with E-state index < -0.39 is 17.6 Å². The molecule has 1 amide bonds. The summed E-state index contributed by atoms with van der Waals surface area (Å²) in [5.41, 5.74) is 0.138. The van der Waals surface area contributed by atoms with Gasteiger partial charge in [-0.1, -0.05) is 24.3 Å². The zero-order valence-electron chi connectivity index (χ0n) is 14.5. The molecule has 0 aliphatic heterocycles. The minimum absolute atomic E-state index is 0.0493. The lowest BCUT2D eigenvalue weighted by Crippen LogP contribution is -2.12. The van der Waals surface area contributed by atoms with Gasteiger partial charge >= 0.3 is 6.18 Å². The van der Waals surface area contributed by atoms with Crippen molar-refractivity contribution in [1.29, 1.82) is 0 Å². The van der Waals surface area contributed by atoms with Crippen LogP contribution in [0.5, 0.6) is 0 Å². The van der Waals surface area contributed by atoms with Gasteiger partial charge in [0.15, 0.2) is 5.13 Å². The highest BCUT2D eigenvalue weighted by atomic mass is 32.1. The van der Waals surface area contributed by atoms with Gasteiger partial charge in [-0.2, -0.15) is 13.2 Å². The van der Waals surface area contributed by atoms with Crippen LogP contribution in [0.4, 0.5) is 18.3 Å². The van der Waals surface area contributed by atoms with Crippen molar-refractivity contribution in [3.05, 3.63) is 64.7 Å². The van der Waals surface area contributed by atoms with Crippen LogP contribution in [-0.2, 0) is 6.18 Å². The maximum atomic E-state index is 13.3. The SMILES string of the molecule is Cc1cnc(NC(=O)c2cccc3[nH]c(-c4ccccc4C(F)(F)F)nc23)s1. The number of aromatic amines is 1.